The maximum atomic E-state index is 11.1. The van der Waals surface area contributed by atoms with Crippen molar-refractivity contribution in [3.05, 3.63) is 29.3 Å². The lowest BCUT2D eigenvalue weighted by Gasteiger charge is -2.17. The van der Waals surface area contributed by atoms with Crippen molar-refractivity contribution in [3.8, 4) is 5.75 Å². The molecule has 1 aliphatic rings. The van der Waals surface area contributed by atoms with Gasteiger partial charge in [0, 0.05) is 25.2 Å². The second kappa shape index (κ2) is 13.3. The third-order valence-corrected chi connectivity index (χ3v) is 5.31. The topological polar surface area (TPSA) is 91.8 Å². The number of halogens is 1. The van der Waals surface area contributed by atoms with E-state index in [0.29, 0.717) is 38.1 Å². The van der Waals surface area contributed by atoms with Gasteiger partial charge in [-0.3, -0.25) is 0 Å². The predicted octanol–water partition coefficient (Wildman–Crippen LogP) is 2.93. The van der Waals surface area contributed by atoms with Crippen molar-refractivity contribution in [1.82, 2.24) is 15.4 Å². The van der Waals surface area contributed by atoms with E-state index in [0.717, 1.165) is 30.7 Å². The highest BCUT2D eigenvalue weighted by Gasteiger charge is 2.18. The number of nitrogens with one attached hydrogen (secondary N) is 3. The van der Waals surface area contributed by atoms with Crippen LogP contribution >= 0.6 is 24.0 Å². The Labute approximate surface area is 192 Å². The molecule has 0 radical (unpaired) electrons. The molecule has 9 heteroatoms. The summed E-state index contributed by atoms with van der Waals surface area (Å²) in [6, 6.07) is 6.27. The molecular weight excluding hydrogens is 503 g/mol. The first-order chi connectivity index (χ1) is 13.4. The second-order valence-electron chi connectivity index (χ2n) is 7.28. The fourth-order valence-electron chi connectivity index (χ4n) is 3.15. The molecule has 0 atom stereocenters. The highest BCUT2D eigenvalue weighted by molar-refractivity contribution is 14.0. The molecule has 0 heterocycles. The first kappa shape index (κ1) is 26.0. The maximum absolute atomic E-state index is 11.1. The van der Waals surface area contributed by atoms with Crippen molar-refractivity contribution in [2.75, 3.05) is 25.9 Å². The number of hydrogen-bond donors (Lipinski definition) is 3. The second-order valence-corrected chi connectivity index (χ2v) is 9.11. The monoisotopic (exact) mass is 538 g/mol. The van der Waals surface area contributed by atoms with Gasteiger partial charge in [-0.1, -0.05) is 12.1 Å². The third kappa shape index (κ3) is 10.5. The SMILES string of the molecule is CCNC(=NCc1ccc(C)cc1OC1CCCC1)NCCCNS(C)(=O)=O.I. The molecule has 0 saturated heterocycles. The van der Waals surface area contributed by atoms with E-state index in [1.54, 1.807) is 0 Å². The Kier molecular flexibility index (Phi) is 11.9. The van der Waals surface area contributed by atoms with Crippen LogP contribution < -0.4 is 20.1 Å². The van der Waals surface area contributed by atoms with Crippen molar-refractivity contribution in [2.45, 2.75) is 58.6 Å². The standard InChI is InChI=1S/C20H34N4O3S.HI/c1-4-21-20(22-12-7-13-24-28(3,25)26)23-15-17-11-10-16(2)14-19(17)27-18-8-5-6-9-18;/h10-11,14,18,24H,4-9,12-13,15H2,1-3H3,(H2,21,22,23);1H. The lowest BCUT2D eigenvalue weighted by Crippen LogP contribution is -2.38. The summed E-state index contributed by atoms with van der Waals surface area (Å²) in [6.07, 6.45) is 6.90. The summed E-state index contributed by atoms with van der Waals surface area (Å²) in [5, 5.41) is 6.47. The normalized spacial score (nSPS) is 15.1. The molecule has 0 spiro atoms. The highest BCUT2D eigenvalue weighted by atomic mass is 127. The molecule has 1 fully saturated rings. The Morgan fingerprint density at radius 1 is 1.21 bits per heavy atom. The molecule has 0 amide bonds. The number of aryl methyl sites for hydroxylation is 1. The van der Waals surface area contributed by atoms with Crippen LogP contribution in [-0.4, -0.2) is 46.4 Å². The van der Waals surface area contributed by atoms with Crippen LogP contribution in [0.1, 0.15) is 50.2 Å². The number of aliphatic imine (C=N–C) groups is 1. The number of nitrogens with zero attached hydrogens (tertiary/aromatic N) is 1. The average Bonchev–Trinajstić information content (AvgIpc) is 3.12. The molecule has 2 rings (SSSR count). The van der Waals surface area contributed by atoms with Gasteiger partial charge in [0.15, 0.2) is 5.96 Å². The Morgan fingerprint density at radius 3 is 2.59 bits per heavy atom. The van der Waals surface area contributed by atoms with Crippen LogP contribution in [0.4, 0.5) is 0 Å². The lowest BCUT2D eigenvalue weighted by molar-refractivity contribution is 0.208. The quantitative estimate of drug-likeness (QED) is 0.185. The van der Waals surface area contributed by atoms with E-state index in [1.807, 2.05) is 6.92 Å². The lowest BCUT2D eigenvalue weighted by atomic mass is 10.1. The first-order valence-corrected chi connectivity index (χ1v) is 12.0. The average molecular weight is 538 g/mol. The minimum Gasteiger partial charge on any atom is -0.490 e. The van der Waals surface area contributed by atoms with Gasteiger partial charge in [-0.05, 0) is 57.6 Å². The number of hydrogen-bond acceptors (Lipinski definition) is 4. The Balaban J connectivity index is 0.00000420. The molecule has 0 bridgehead atoms. The zero-order chi connectivity index (χ0) is 20.4. The fraction of sp³-hybridized carbons (Fsp3) is 0.650. The molecule has 7 nitrogen and oxygen atoms in total. The van der Waals surface area contributed by atoms with Crippen LogP contribution in [0.15, 0.2) is 23.2 Å². The Hall–Kier alpha value is -1.07. The molecule has 1 aliphatic carbocycles. The van der Waals surface area contributed by atoms with Crippen molar-refractivity contribution in [3.63, 3.8) is 0 Å². The van der Waals surface area contributed by atoms with Crippen LogP contribution in [0.3, 0.4) is 0 Å². The van der Waals surface area contributed by atoms with Crippen molar-refractivity contribution in [1.29, 1.82) is 0 Å². The maximum Gasteiger partial charge on any atom is 0.208 e. The van der Waals surface area contributed by atoms with Gasteiger partial charge in [0.2, 0.25) is 10.0 Å². The predicted molar refractivity (Wildman–Crippen MR) is 130 cm³/mol. The molecule has 1 aromatic rings. The van der Waals surface area contributed by atoms with E-state index in [9.17, 15) is 8.42 Å². The molecular formula is C20H35IN4O3S. The number of rotatable bonds is 10. The highest BCUT2D eigenvalue weighted by Crippen LogP contribution is 2.28. The summed E-state index contributed by atoms with van der Waals surface area (Å²) in [7, 11) is -3.14. The molecule has 3 N–H and O–H groups in total. The van der Waals surface area contributed by atoms with E-state index >= 15 is 0 Å². The van der Waals surface area contributed by atoms with E-state index in [1.165, 1.54) is 24.7 Å². The third-order valence-electron chi connectivity index (χ3n) is 4.58. The minimum absolute atomic E-state index is 0. The van der Waals surface area contributed by atoms with E-state index in [-0.39, 0.29) is 24.0 Å². The first-order valence-electron chi connectivity index (χ1n) is 10.1. The molecule has 0 aromatic heterocycles. The number of guanidine groups is 1. The van der Waals surface area contributed by atoms with Gasteiger partial charge < -0.3 is 15.4 Å². The summed E-state index contributed by atoms with van der Waals surface area (Å²) >= 11 is 0. The van der Waals surface area contributed by atoms with E-state index in [4.69, 9.17) is 4.74 Å². The van der Waals surface area contributed by atoms with Crippen molar-refractivity contribution < 1.29 is 13.2 Å². The van der Waals surface area contributed by atoms with Gasteiger partial charge >= 0.3 is 0 Å². The molecule has 166 valence electrons. The van der Waals surface area contributed by atoms with Gasteiger partial charge in [-0.15, -0.1) is 24.0 Å². The van der Waals surface area contributed by atoms with Gasteiger partial charge in [-0.2, -0.15) is 0 Å². The minimum atomic E-state index is -3.14. The van der Waals surface area contributed by atoms with Gasteiger partial charge in [0.05, 0.1) is 18.9 Å². The van der Waals surface area contributed by atoms with Crippen LogP contribution in [0, 0.1) is 6.92 Å². The molecule has 0 aliphatic heterocycles. The smallest absolute Gasteiger partial charge is 0.208 e. The zero-order valence-electron chi connectivity index (χ0n) is 17.7. The molecule has 29 heavy (non-hydrogen) atoms. The van der Waals surface area contributed by atoms with Gasteiger partial charge in [0.25, 0.3) is 0 Å². The number of ether oxygens (including phenoxy) is 1. The Bertz CT molecular complexity index is 750. The summed E-state index contributed by atoms with van der Waals surface area (Å²) in [6.45, 7) is 6.41. The largest absolute Gasteiger partial charge is 0.490 e. The summed E-state index contributed by atoms with van der Waals surface area (Å²) in [5.41, 5.74) is 2.26. The number of sulfonamides is 1. The van der Waals surface area contributed by atoms with Gasteiger partial charge in [0.1, 0.15) is 5.75 Å². The fourth-order valence-corrected chi connectivity index (χ4v) is 3.66. The van der Waals surface area contributed by atoms with E-state index in [2.05, 4.69) is 45.5 Å². The van der Waals surface area contributed by atoms with Crippen LogP contribution in [0.25, 0.3) is 0 Å². The molecule has 1 saturated carbocycles. The zero-order valence-corrected chi connectivity index (χ0v) is 20.8. The van der Waals surface area contributed by atoms with Crippen LogP contribution in [-0.2, 0) is 16.6 Å². The van der Waals surface area contributed by atoms with Crippen LogP contribution in [0.5, 0.6) is 5.75 Å². The summed E-state index contributed by atoms with van der Waals surface area (Å²) in [5.74, 6) is 1.65. The van der Waals surface area contributed by atoms with Crippen LogP contribution in [0.2, 0.25) is 0 Å². The van der Waals surface area contributed by atoms with E-state index < -0.39 is 10.0 Å². The summed E-state index contributed by atoms with van der Waals surface area (Å²) < 4.78 is 30.9. The van der Waals surface area contributed by atoms with Gasteiger partial charge in [-0.25, -0.2) is 18.1 Å². The van der Waals surface area contributed by atoms with Crippen molar-refractivity contribution in [2.24, 2.45) is 4.99 Å². The Morgan fingerprint density at radius 2 is 1.93 bits per heavy atom. The van der Waals surface area contributed by atoms with Crippen molar-refractivity contribution >= 4 is 40.0 Å². The molecule has 0 unspecified atom stereocenters. The number of benzene rings is 1. The molecule has 1 aromatic carbocycles. The summed E-state index contributed by atoms with van der Waals surface area (Å²) in [4.78, 5) is 4.67.